The summed E-state index contributed by atoms with van der Waals surface area (Å²) in [5.74, 6) is 0.249. The van der Waals surface area contributed by atoms with Crippen LogP contribution in [-0.4, -0.2) is 33.5 Å². The van der Waals surface area contributed by atoms with Gasteiger partial charge in [0.15, 0.2) is 0 Å². The van der Waals surface area contributed by atoms with Crippen LogP contribution >= 0.6 is 0 Å². The number of carbonyl (C=O) groups excluding carboxylic acids is 1. The first-order valence-corrected chi connectivity index (χ1v) is 7.55. The number of nitrogens with one attached hydrogen (secondary N) is 1. The third-order valence-electron chi connectivity index (χ3n) is 4.11. The number of para-hydroxylation sites is 1. The summed E-state index contributed by atoms with van der Waals surface area (Å²) in [6.07, 6.45) is 3.54. The number of aryl methyl sites for hydroxylation is 1. The summed E-state index contributed by atoms with van der Waals surface area (Å²) in [6, 6.07) is 8.08. The maximum atomic E-state index is 12.0. The summed E-state index contributed by atoms with van der Waals surface area (Å²) in [7, 11) is 0. The molecule has 6 heteroatoms. The first kappa shape index (κ1) is 14.0. The maximum Gasteiger partial charge on any atom is 0.223 e. The molecule has 0 radical (unpaired) electrons. The molecule has 0 bridgehead atoms. The standard InChI is InChI=1S/C15H21N5O/c16-12-7-6-11(10-12)15(21)17-8-3-9-20-14-5-2-1-4-13(14)18-19-20/h1-2,4-5,11-12H,3,6-10,16H2,(H,17,21). The molecule has 1 saturated carbocycles. The van der Waals surface area contributed by atoms with Crippen molar-refractivity contribution in [3.8, 4) is 0 Å². The number of aromatic nitrogens is 3. The van der Waals surface area contributed by atoms with Gasteiger partial charge in [-0.05, 0) is 37.8 Å². The van der Waals surface area contributed by atoms with Crippen LogP contribution in [0.1, 0.15) is 25.7 Å². The third kappa shape index (κ3) is 3.21. The van der Waals surface area contributed by atoms with E-state index in [-0.39, 0.29) is 17.9 Å². The zero-order chi connectivity index (χ0) is 14.7. The van der Waals surface area contributed by atoms with E-state index in [1.165, 1.54) is 0 Å². The second-order valence-electron chi connectivity index (χ2n) is 5.72. The van der Waals surface area contributed by atoms with Gasteiger partial charge in [-0.2, -0.15) is 0 Å². The molecular weight excluding hydrogens is 266 g/mol. The molecule has 112 valence electrons. The lowest BCUT2D eigenvalue weighted by Gasteiger charge is -2.10. The van der Waals surface area contributed by atoms with E-state index in [9.17, 15) is 4.79 Å². The lowest BCUT2D eigenvalue weighted by atomic mass is 10.1. The highest BCUT2D eigenvalue weighted by Crippen LogP contribution is 2.23. The summed E-state index contributed by atoms with van der Waals surface area (Å²) in [4.78, 5) is 12.0. The number of benzene rings is 1. The highest BCUT2D eigenvalue weighted by Gasteiger charge is 2.27. The van der Waals surface area contributed by atoms with Crippen molar-refractivity contribution in [2.75, 3.05) is 6.54 Å². The van der Waals surface area contributed by atoms with Gasteiger partial charge >= 0.3 is 0 Å². The number of hydrogen-bond donors (Lipinski definition) is 2. The topological polar surface area (TPSA) is 85.8 Å². The molecule has 6 nitrogen and oxygen atoms in total. The van der Waals surface area contributed by atoms with Crippen molar-refractivity contribution in [1.29, 1.82) is 0 Å². The van der Waals surface area contributed by atoms with Crippen molar-refractivity contribution in [3.05, 3.63) is 24.3 Å². The Morgan fingerprint density at radius 2 is 2.24 bits per heavy atom. The SMILES string of the molecule is NC1CCC(C(=O)NCCCn2nnc3ccccc32)C1. The molecule has 21 heavy (non-hydrogen) atoms. The molecule has 0 aliphatic heterocycles. The number of amides is 1. The molecule has 1 aromatic heterocycles. The van der Waals surface area contributed by atoms with Gasteiger partial charge in [0.2, 0.25) is 5.91 Å². The lowest BCUT2D eigenvalue weighted by Crippen LogP contribution is -2.31. The molecule has 2 unspecified atom stereocenters. The molecule has 3 rings (SSSR count). The van der Waals surface area contributed by atoms with Gasteiger partial charge in [0.1, 0.15) is 5.52 Å². The molecule has 2 aromatic rings. The van der Waals surface area contributed by atoms with Crippen molar-refractivity contribution >= 4 is 16.9 Å². The number of nitrogens with zero attached hydrogens (tertiary/aromatic N) is 3. The number of rotatable bonds is 5. The Bertz CT molecular complexity index is 623. The monoisotopic (exact) mass is 287 g/mol. The first-order valence-electron chi connectivity index (χ1n) is 7.55. The zero-order valence-electron chi connectivity index (χ0n) is 12.0. The van der Waals surface area contributed by atoms with E-state index in [4.69, 9.17) is 5.73 Å². The minimum Gasteiger partial charge on any atom is -0.356 e. The number of carbonyl (C=O) groups is 1. The Morgan fingerprint density at radius 3 is 3.05 bits per heavy atom. The van der Waals surface area contributed by atoms with Crippen LogP contribution in [-0.2, 0) is 11.3 Å². The Morgan fingerprint density at radius 1 is 1.38 bits per heavy atom. The highest BCUT2D eigenvalue weighted by atomic mass is 16.1. The van der Waals surface area contributed by atoms with Crippen molar-refractivity contribution in [3.63, 3.8) is 0 Å². The summed E-state index contributed by atoms with van der Waals surface area (Å²) < 4.78 is 1.88. The largest absolute Gasteiger partial charge is 0.356 e. The second kappa shape index (κ2) is 6.22. The summed E-state index contributed by atoms with van der Waals surface area (Å²) in [5.41, 5.74) is 7.77. The summed E-state index contributed by atoms with van der Waals surface area (Å²) in [5, 5.41) is 11.3. The van der Waals surface area contributed by atoms with E-state index in [1.807, 2.05) is 28.9 Å². The lowest BCUT2D eigenvalue weighted by molar-refractivity contribution is -0.124. The Hall–Kier alpha value is -1.95. The molecule has 0 saturated heterocycles. The average Bonchev–Trinajstić information content (AvgIpc) is 3.10. The van der Waals surface area contributed by atoms with E-state index in [2.05, 4.69) is 15.6 Å². The Labute approximate surface area is 123 Å². The van der Waals surface area contributed by atoms with Crippen LogP contribution in [0.5, 0.6) is 0 Å². The predicted octanol–water partition coefficient (Wildman–Crippen LogP) is 1.06. The minimum absolute atomic E-state index is 0.104. The summed E-state index contributed by atoms with van der Waals surface area (Å²) in [6.45, 7) is 1.42. The normalized spacial score (nSPS) is 21.8. The fourth-order valence-corrected chi connectivity index (χ4v) is 2.92. The van der Waals surface area contributed by atoms with Crippen molar-refractivity contribution in [2.24, 2.45) is 11.7 Å². The third-order valence-corrected chi connectivity index (χ3v) is 4.11. The van der Waals surface area contributed by atoms with Crippen LogP contribution < -0.4 is 11.1 Å². The van der Waals surface area contributed by atoms with Gasteiger partial charge in [0.25, 0.3) is 0 Å². The first-order chi connectivity index (χ1) is 10.2. The molecule has 2 atom stereocenters. The average molecular weight is 287 g/mol. The smallest absolute Gasteiger partial charge is 0.223 e. The van der Waals surface area contributed by atoms with Crippen LogP contribution in [0.15, 0.2) is 24.3 Å². The zero-order valence-corrected chi connectivity index (χ0v) is 12.0. The van der Waals surface area contributed by atoms with Gasteiger partial charge in [-0.3, -0.25) is 4.79 Å². The molecule has 1 heterocycles. The van der Waals surface area contributed by atoms with Gasteiger partial charge in [0.05, 0.1) is 5.52 Å². The Kier molecular flexibility index (Phi) is 4.15. The predicted molar refractivity (Wildman–Crippen MR) is 80.5 cm³/mol. The number of hydrogen-bond acceptors (Lipinski definition) is 4. The van der Waals surface area contributed by atoms with Crippen molar-refractivity contribution in [2.45, 2.75) is 38.3 Å². The maximum absolute atomic E-state index is 12.0. The van der Waals surface area contributed by atoms with Gasteiger partial charge in [-0.25, -0.2) is 4.68 Å². The van der Waals surface area contributed by atoms with Crippen molar-refractivity contribution in [1.82, 2.24) is 20.3 Å². The molecule has 0 spiro atoms. The van der Waals surface area contributed by atoms with Crippen LogP contribution in [0, 0.1) is 5.92 Å². The van der Waals surface area contributed by atoms with E-state index < -0.39 is 0 Å². The van der Waals surface area contributed by atoms with E-state index >= 15 is 0 Å². The van der Waals surface area contributed by atoms with Crippen LogP contribution in [0.25, 0.3) is 11.0 Å². The molecule has 1 aliphatic rings. The molecule has 1 aromatic carbocycles. The Balaban J connectivity index is 1.45. The molecule has 1 fully saturated rings. The van der Waals surface area contributed by atoms with Crippen LogP contribution in [0.3, 0.4) is 0 Å². The molecule has 1 amide bonds. The van der Waals surface area contributed by atoms with E-state index in [0.29, 0.717) is 6.54 Å². The number of fused-ring (bicyclic) bond motifs is 1. The fourth-order valence-electron chi connectivity index (χ4n) is 2.92. The van der Waals surface area contributed by atoms with Crippen molar-refractivity contribution < 1.29 is 4.79 Å². The van der Waals surface area contributed by atoms with Gasteiger partial charge < -0.3 is 11.1 Å². The molecule has 1 aliphatic carbocycles. The van der Waals surface area contributed by atoms with E-state index in [1.54, 1.807) is 0 Å². The quantitative estimate of drug-likeness (QED) is 0.805. The number of nitrogens with two attached hydrogens (primary N) is 1. The van der Waals surface area contributed by atoms with Crippen LogP contribution in [0.4, 0.5) is 0 Å². The van der Waals surface area contributed by atoms with Gasteiger partial charge in [-0.1, -0.05) is 17.3 Å². The van der Waals surface area contributed by atoms with E-state index in [0.717, 1.165) is 43.3 Å². The second-order valence-corrected chi connectivity index (χ2v) is 5.72. The van der Waals surface area contributed by atoms with Crippen LogP contribution in [0.2, 0.25) is 0 Å². The van der Waals surface area contributed by atoms with Gasteiger partial charge in [0, 0.05) is 25.0 Å². The highest BCUT2D eigenvalue weighted by molar-refractivity contribution is 5.79. The fraction of sp³-hybridized carbons (Fsp3) is 0.533. The summed E-state index contributed by atoms with van der Waals surface area (Å²) >= 11 is 0. The molecule has 3 N–H and O–H groups in total. The molecular formula is C15H21N5O. The minimum atomic E-state index is 0.104. The van der Waals surface area contributed by atoms with Gasteiger partial charge in [-0.15, -0.1) is 5.10 Å².